The molecule has 3 rings (SSSR count). The zero-order valence-electron chi connectivity index (χ0n) is 13.8. The molecule has 0 spiro atoms. The number of carboxylic acid groups (broad SMARTS) is 1. The Labute approximate surface area is 150 Å². The van der Waals surface area contributed by atoms with E-state index >= 15 is 0 Å². The van der Waals surface area contributed by atoms with Crippen LogP contribution in [0, 0.1) is 11.7 Å². The Hall–Kier alpha value is -2.08. The van der Waals surface area contributed by atoms with Gasteiger partial charge in [-0.1, -0.05) is 12.1 Å². The van der Waals surface area contributed by atoms with Gasteiger partial charge in [0.05, 0.1) is 10.7 Å². The Morgan fingerprint density at radius 3 is 2.88 bits per heavy atom. The molecule has 2 aromatic rings. The number of aryl methyl sites for hydroxylation is 1. The summed E-state index contributed by atoms with van der Waals surface area (Å²) in [4.78, 5) is 15.1. The number of aliphatic carboxylic acids is 1. The summed E-state index contributed by atoms with van der Waals surface area (Å²) in [6, 6.07) is 10.4. The van der Waals surface area contributed by atoms with Gasteiger partial charge in [0.15, 0.2) is 0 Å². The number of hydrogen-bond donors (Lipinski definition) is 1. The molecule has 1 aliphatic rings. The Morgan fingerprint density at radius 1 is 1.32 bits per heavy atom. The van der Waals surface area contributed by atoms with Crippen LogP contribution in [0.4, 0.5) is 4.39 Å². The molecule has 1 aromatic heterocycles. The van der Waals surface area contributed by atoms with Gasteiger partial charge in [-0.2, -0.15) is 0 Å². The molecule has 132 valence electrons. The van der Waals surface area contributed by atoms with E-state index in [1.54, 1.807) is 23.9 Å². The number of thioether (sulfide) groups is 1. The van der Waals surface area contributed by atoms with Crippen LogP contribution >= 0.6 is 11.8 Å². The van der Waals surface area contributed by atoms with E-state index in [4.69, 9.17) is 9.84 Å². The molecule has 1 N–H and O–H groups in total. The van der Waals surface area contributed by atoms with Gasteiger partial charge in [0, 0.05) is 18.2 Å². The SMILES string of the molecule is O=C(O)CCc1ccc(OCc2cccc(SCC3CC3)n2)cc1F. The second kappa shape index (κ2) is 8.34. The number of ether oxygens (including phenoxy) is 1. The largest absolute Gasteiger partial charge is 0.487 e. The predicted molar refractivity (Wildman–Crippen MR) is 94.4 cm³/mol. The van der Waals surface area contributed by atoms with Gasteiger partial charge in [0.2, 0.25) is 0 Å². The second-order valence-corrected chi connectivity index (χ2v) is 7.20. The van der Waals surface area contributed by atoms with E-state index in [0.29, 0.717) is 11.3 Å². The van der Waals surface area contributed by atoms with Gasteiger partial charge in [0.25, 0.3) is 0 Å². The van der Waals surface area contributed by atoms with Gasteiger partial charge >= 0.3 is 5.97 Å². The summed E-state index contributed by atoms with van der Waals surface area (Å²) in [6.07, 6.45) is 2.73. The van der Waals surface area contributed by atoms with E-state index in [1.165, 1.54) is 18.9 Å². The highest BCUT2D eigenvalue weighted by Crippen LogP contribution is 2.34. The summed E-state index contributed by atoms with van der Waals surface area (Å²) in [5.74, 6) is 0.981. The number of nitrogens with zero attached hydrogens (tertiary/aromatic N) is 1. The maximum Gasteiger partial charge on any atom is 0.303 e. The number of rotatable bonds is 9. The summed E-state index contributed by atoms with van der Waals surface area (Å²) in [5, 5.41) is 9.66. The fourth-order valence-corrected chi connectivity index (χ4v) is 3.42. The van der Waals surface area contributed by atoms with Crippen LogP contribution in [0.3, 0.4) is 0 Å². The first-order chi connectivity index (χ1) is 12.1. The molecule has 1 aliphatic carbocycles. The van der Waals surface area contributed by atoms with Crippen molar-refractivity contribution in [2.45, 2.75) is 37.3 Å². The van der Waals surface area contributed by atoms with Gasteiger partial charge in [-0.3, -0.25) is 4.79 Å². The molecule has 0 unspecified atom stereocenters. The van der Waals surface area contributed by atoms with Crippen molar-refractivity contribution >= 4 is 17.7 Å². The van der Waals surface area contributed by atoms with E-state index in [9.17, 15) is 9.18 Å². The van der Waals surface area contributed by atoms with Crippen LogP contribution in [0.1, 0.15) is 30.5 Å². The molecular weight excluding hydrogens is 341 g/mol. The summed E-state index contributed by atoms with van der Waals surface area (Å²) in [7, 11) is 0. The molecular formula is C19H20FNO3S. The van der Waals surface area contributed by atoms with E-state index in [0.717, 1.165) is 22.4 Å². The molecule has 6 heteroatoms. The number of pyridine rings is 1. The lowest BCUT2D eigenvalue weighted by atomic mass is 10.1. The molecule has 0 atom stereocenters. The topological polar surface area (TPSA) is 59.4 Å². The van der Waals surface area contributed by atoms with Crippen molar-refractivity contribution in [2.75, 3.05) is 5.75 Å². The molecule has 1 heterocycles. The molecule has 0 aliphatic heterocycles. The highest BCUT2D eigenvalue weighted by Gasteiger charge is 2.21. The van der Waals surface area contributed by atoms with E-state index in [2.05, 4.69) is 4.98 Å². The first-order valence-corrected chi connectivity index (χ1v) is 9.30. The molecule has 1 fully saturated rings. The number of aromatic nitrogens is 1. The van der Waals surface area contributed by atoms with E-state index < -0.39 is 11.8 Å². The standard InChI is InChI=1S/C19H20FNO3S/c20-17-10-16(8-6-14(17)7-9-19(22)23)24-11-15-2-1-3-18(21-15)25-12-13-4-5-13/h1-3,6,8,10,13H,4-5,7,9,11-12H2,(H,22,23). The van der Waals surface area contributed by atoms with Crippen molar-refractivity contribution in [1.82, 2.24) is 4.98 Å². The van der Waals surface area contributed by atoms with Crippen LogP contribution in [0.5, 0.6) is 5.75 Å². The second-order valence-electron chi connectivity index (χ2n) is 6.16. The first kappa shape index (κ1) is 17.7. The van der Waals surface area contributed by atoms with Gasteiger partial charge in [-0.15, -0.1) is 11.8 Å². The summed E-state index contributed by atoms with van der Waals surface area (Å²) in [6.45, 7) is 0.270. The average molecular weight is 361 g/mol. The smallest absolute Gasteiger partial charge is 0.303 e. The Bertz CT molecular complexity index is 749. The molecule has 1 aromatic carbocycles. The van der Waals surface area contributed by atoms with Crippen molar-refractivity contribution in [3.63, 3.8) is 0 Å². The van der Waals surface area contributed by atoms with Gasteiger partial charge in [-0.05, 0) is 48.9 Å². The third-order valence-corrected chi connectivity index (χ3v) is 5.13. The maximum absolute atomic E-state index is 14.0. The average Bonchev–Trinajstić information content (AvgIpc) is 3.42. The minimum absolute atomic E-state index is 0.0909. The van der Waals surface area contributed by atoms with Crippen molar-refractivity contribution in [2.24, 2.45) is 5.92 Å². The van der Waals surface area contributed by atoms with Crippen LogP contribution in [0.15, 0.2) is 41.4 Å². The van der Waals surface area contributed by atoms with E-state index in [-0.39, 0.29) is 19.4 Å². The zero-order chi connectivity index (χ0) is 17.6. The fraction of sp³-hybridized carbons (Fsp3) is 0.368. The minimum Gasteiger partial charge on any atom is -0.487 e. The summed E-state index contributed by atoms with van der Waals surface area (Å²) < 4.78 is 19.6. The number of carboxylic acids is 1. The normalized spacial score (nSPS) is 13.6. The monoisotopic (exact) mass is 361 g/mol. The lowest BCUT2D eigenvalue weighted by Gasteiger charge is -2.09. The lowest BCUT2D eigenvalue weighted by Crippen LogP contribution is -2.02. The fourth-order valence-electron chi connectivity index (χ4n) is 2.33. The Morgan fingerprint density at radius 2 is 2.16 bits per heavy atom. The number of hydrogen-bond acceptors (Lipinski definition) is 4. The summed E-state index contributed by atoms with van der Waals surface area (Å²) >= 11 is 1.76. The molecule has 0 radical (unpaired) electrons. The van der Waals surface area contributed by atoms with Crippen LogP contribution < -0.4 is 4.74 Å². The van der Waals surface area contributed by atoms with Gasteiger partial charge < -0.3 is 9.84 Å². The van der Waals surface area contributed by atoms with Crippen molar-refractivity contribution < 1.29 is 19.0 Å². The highest BCUT2D eigenvalue weighted by molar-refractivity contribution is 7.99. The number of carbonyl (C=O) groups is 1. The van der Waals surface area contributed by atoms with Crippen molar-refractivity contribution in [3.8, 4) is 5.75 Å². The molecule has 4 nitrogen and oxygen atoms in total. The highest BCUT2D eigenvalue weighted by atomic mass is 32.2. The molecule has 1 saturated carbocycles. The number of benzene rings is 1. The Balaban J connectivity index is 1.54. The third-order valence-electron chi connectivity index (χ3n) is 3.96. The predicted octanol–water partition coefficient (Wildman–Crippen LogP) is 4.32. The van der Waals surface area contributed by atoms with Crippen molar-refractivity contribution in [3.05, 3.63) is 53.5 Å². The van der Waals surface area contributed by atoms with Gasteiger partial charge in [-0.25, -0.2) is 9.37 Å². The van der Waals surface area contributed by atoms with Crippen LogP contribution in [0.25, 0.3) is 0 Å². The van der Waals surface area contributed by atoms with Crippen LogP contribution in [0.2, 0.25) is 0 Å². The van der Waals surface area contributed by atoms with Crippen LogP contribution in [-0.4, -0.2) is 21.8 Å². The number of halogens is 1. The molecule has 0 saturated heterocycles. The lowest BCUT2D eigenvalue weighted by molar-refractivity contribution is -0.136. The summed E-state index contributed by atoms with van der Waals surface area (Å²) in [5.41, 5.74) is 1.18. The van der Waals surface area contributed by atoms with Gasteiger partial charge in [0.1, 0.15) is 18.2 Å². The molecule has 25 heavy (non-hydrogen) atoms. The van der Waals surface area contributed by atoms with Crippen LogP contribution in [-0.2, 0) is 17.8 Å². The molecule has 0 amide bonds. The zero-order valence-corrected chi connectivity index (χ0v) is 14.6. The maximum atomic E-state index is 14.0. The van der Waals surface area contributed by atoms with Crippen molar-refractivity contribution in [1.29, 1.82) is 0 Å². The Kier molecular flexibility index (Phi) is 5.91. The quantitative estimate of drug-likeness (QED) is 0.674. The first-order valence-electron chi connectivity index (χ1n) is 8.32. The third kappa shape index (κ3) is 5.74. The van der Waals surface area contributed by atoms with E-state index in [1.807, 2.05) is 18.2 Å². The molecule has 0 bridgehead atoms. The minimum atomic E-state index is -0.940.